The molecule has 188 valence electrons. The molecule has 4 N–H and O–H groups in total. The quantitative estimate of drug-likeness (QED) is 0.244. The van der Waals surface area contributed by atoms with E-state index in [-0.39, 0.29) is 17.6 Å². The monoisotopic (exact) mass is 474 g/mol. The Morgan fingerprint density at radius 1 is 1.29 bits per heavy atom. The second kappa shape index (κ2) is 10.8. The van der Waals surface area contributed by atoms with Crippen molar-refractivity contribution in [2.45, 2.75) is 90.2 Å². The molecule has 3 aliphatic rings. The van der Waals surface area contributed by atoms with Crippen molar-refractivity contribution >= 4 is 6.08 Å². The van der Waals surface area contributed by atoms with E-state index in [4.69, 9.17) is 10.5 Å². The van der Waals surface area contributed by atoms with Gasteiger partial charge in [0.25, 0.3) is 0 Å². The molecule has 1 heterocycles. The molecule has 4 heteroatoms. The number of benzene rings is 1. The van der Waals surface area contributed by atoms with Crippen LogP contribution in [0.4, 0.5) is 0 Å². The lowest BCUT2D eigenvalue weighted by atomic mass is 9.72. The Morgan fingerprint density at radius 3 is 2.83 bits per heavy atom. The van der Waals surface area contributed by atoms with E-state index in [1.807, 2.05) is 6.08 Å². The van der Waals surface area contributed by atoms with Gasteiger partial charge in [0.05, 0.1) is 5.76 Å². The molecule has 4 rings (SSSR count). The summed E-state index contributed by atoms with van der Waals surface area (Å²) in [5.41, 5.74) is 11.9. The van der Waals surface area contributed by atoms with Crippen molar-refractivity contribution in [3.63, 3.8) is 0 Å². The van der Waals surface area contributed by atoms with E-state index in [1.165, 1.54) is 28.8 Å². The predicted molar refractivity (Wildman–Crippen MR) is 146 cm³/mol. The first-order chi connectivity index (χ1) is 16.7. The standard InChI is InChI=1S/C31H42N2O2/c1-5-22(10-8-6-7-9-21(2)34)23-11-12-24-17-28-30(35-29(24)18-23)19-27(20-31(28,3)4)33-26-15-13-25(32)14-16-26/h11-15,17-19,22,26,30,33-34H,2,5-10,16,20,32H2,1,3-4H3. The van der Waals surface area contributed by atoms with Gasteiger partial charge >= 0.3 is 0 Å². The summed E-state index contributed by atoms with van der Waals surface area (Å²) in [7, 11) is 0. The SMILES string of the molecule is C=C(O)CCCCCC(CC)c1ccc2c(c1)OC1C=C(NC3C=CC(N)=CC3)CC(C)(C)C1=C2. The number of rotatable bonds is 10. The lowest BCUT2D eigenvalue weighted by molar-refractivity contribution is 0.224. The van der Waals surface area contributed by atoms with Crippen LogP contribution in [0.5, 0.6) is 5.75 Å². The molecule has 0 spiro atoms. The van der Waals surface area contributed by atoms with Crippen LogP contribution in [0.3, 0.4) is 0 Å². The van der Waals surface area contributed by atoms with E-state index in [9.17, 15) is 5.11 Å². The van der Waals surface area contributed by atoms with Crippen molar-refractivity contribution in [2.75, 3.05) is 0 Å². The van der Waals surface area contributed by atoms with Gasteiger partial charge in [-0.2, -0.15) is 0 Å². The third-order valence-corrected chi connectivity index (χ3v) is 7.66. The Labute approximate surface area is 211 Å². The summed E-state index contributed by atoms with van der Waals surface area (Å²) in [6.45, 7) is 10.5. The summed E-state index contributed by atoms with van der Waals surface area (Å²) >= 11 is 0. The van der Waals surface area contributed by atoms with Gasteiger partial charge in [0.15, 0.2) is 0 Å². The van der Waals surface area contributed by atoms with E-state index in [0.29, 0.717) is 18.1 Å². The van der Waals surface area contributed by atoms with Gasteiger partial charge in [-0.1, -0.05) is 64.5 Å². The van der Waals surface area contributed by atoms with Gasteiger partial charge in [-0.05, 0) is 78.9 Å². The molecule has 0 aromatic heterocycles. The highest BCUT2D eigenvalue weighted by atomic mass is 16.5. The molecule has 0 saturated carbocycles. The van der Waals surface area contributed by atoms with E-state index < -0.39 is 0 Å². The topological polar surface area (TPSA) is 67.5 Å². The van der Waals surface area contributed by atoms with Gasteiger partial charge < -0.3 is 20.9 Å². The van der Waals surface area contributed by atoms with Gasteiger partial charge in [0, 0.05) is 29.4 Å². The minimum absolute atomic E-state index is 0.0250. The number of aliphatic hydroxyl groups is 1. The second-order valence-electron chi connectivity index (χ2n) is 11.0. The Hall–Kier alpha value is -2.88. The lowest BCUT2D eigenvalue weighted by Gasteiger charge is -2.41. The number of hydrogen-bond acceptors (Lipinski definition) is 4. The highest BCUT2D eigenvalue weighted by molar-refractivity contribution is 5.66. The minimum Gasteiger partial charge on any atom is -0.513 e. The lowest BCUT2D eigenvalue weighted by Crippen LogP contribution is -2.39. The number of nitrogens with two attached hydrogens (primary N) is 1. The normalized spacial score (nSPS) is 23.1. The van der Waals surface area contributed by atoms with Crippen molar-refractivity contribution in [3.05, 3.63) is 82.9 Å². The van der Waals surface area contributed by atoms with Crippen LogP contribution in [0.25, 0.3) is 6.08 Å². The molecular formula is C31H42N2O2. The molecule has 4 nitrogen and oxygen atoms in total. The number of fused-ring (bicyclic) bond motifs is 2. The van der Waals surface area contributed by atoms with Crippen LogP contribution in [0.15, 0.2) is 71.8 Å². The van der Waals surface area contributed by atoms with Crippen molar-refractivity contribution in [1.29, 1.82) is 0 Å². The summed E-state index contributed by atoms with van der Waals surface area (Å²) < 4.78 is 6.64. The fraction of sp³-hybridized carbons (Fsp3) is 0.484. The van der Waals surface area contributed by atoms with Crippen LogP contribution < -0.4 is 15.8 Å². The smallest absolute Gasteiger partial charge is 0.141 e. The Kier molecular flexibility index (Phi) is 7.78. The summed E-state index contributed by atoms with van der Waals surface area (Å²) in [6.07, 6.45) is 19.0. The molecule has 0 amide bonds. The Bertz CT molecular complexity index is 1060. The fourth-order valence-corrected chi connectivity index (χ4v) is 5.58. The van der Waals surface area contributed by atoms with Crippen LogP contribution in [-0.2, 0) is 0 Å². The van der Waals surface area contributed by atoms with Gasteiger partial charge in [-0.3, -0.25) is 0 Å². The van der Waals surface area contributed by atoms with E-state index in [1.54, 1.807) is 0 Å². The maximum atomic E-state index is 9.29. The highest BCUT2D eigenvalue weighted by Crippen LogP contribution is 2.46. The molecule has 0 saturated heterocycles. The summed E-state index contributed by atoms with van der Waals surface area (Å²) in [4.78, 5) is 0. The maximum absolute atomic E-state index is 9.29. The number of unbranched alkanes of at least 4 members (excludes halogenated alkanes) is 2. The summed E-state index contributed by atoms with van der Waals surface area (Å²) in [5, 5.41) is 13.0. The molecule has 0 bridgehead atoms. The third kappa shape index (κ3) is 6.22. The first-order valence-corrected chi connectivity index (χ1v) is 13.3. The molecule has 35 heavy (non-hydrogen) atoms. The molecule has 1 aromatic rings. The van der Waals surface area contributed by atoms with Crippen LogP contribution in [-0.4, -0.2) is 17.3 Å². The first kappa shape index (κ1) is 25.2. The molecular weight excluding hydrogens is 432 g/mol. The average Bonchev–Trinajstić information content (AvgIpc) is 2.81. The van der Waals surface area contributed by atoms with Gasteiger partial charge in [-0.15, -0.1) is 0 Å². The fourth-order valence-electron chi connectivity index (χ4n) is 5.58. The zero-order valence-corrected chi connectivity index (χ0v) is 21.6. The van der Waals surface area contributed by atoms with Crippen molar-refractivity contribution < 1.29 is 9.84 Å². The number of ether oxygens (including phenoxy) is 1. The van der Waals surface area contributed by atoms with Gasteiger partial charge in [0.1, 0.15) is 11.9 Å². The van der Waals surface area contributed by atoms with Crippen molar-refractivity contribution in [1.82, 2.24) is 5.32 Å². The minimum atomic E-state index is -0.0381. The van der Waals surface area contributed by atoms with Crippen LogP contribution >= 0.6 is 0 Å². The molecule has 1 aliphatic heterocycles. The zero-order valence-electron chi connectivity index (χ0n) is 21.6. The number of hydrogen-bond donors (Lipinski definition) is 3. The molecule has 2 aliphatic carbocycles. The number of aliphatic hydroxyl groups excluding tert-OH is 1. The summed E-state index contributed by atoms with van der Waals surface area (Å²) in [5.74, 6) is 1.82. The van der Waals surface area contributed by atoms with E-state index in [2.05, 4.69) is 75.2 Å². The molecule has 1 aromatic carbocycles. The number of nitrogens with one attached hydrogen (secondary N) is 1. The third-order valence-electron chi connectivity index (χ3n) is 7.66. The van der Waals surface area contributed by atoms with Gasteiger partial charge in [0.2, 0.25) is 0 Å². The Morgan fingerprint density at radius 2 is 2.11 bits per heavy atom. The van der Waals surface area contributed by atoms with Crippen molar-refractivity contribution in [2.24, 2.45) is 11.1 Å². The van der Waals surface area contributed by atoms with Crippen LogP contribution in [0.1, 0.15) is 89.2 Å². The largest absolute Gasteiger partial charge is 0.513 e. The highest BCUT2D eigenvalue weighted by Gasteiger charge is 2.38. The predicted octanol–water partition coefficient (Wildman–Crippen LogP) is 7.42. The van der Waals surface area contributed by atoms with Crippen LogP contribution in [0.2, 0.25) is 0 Å². The molecule has 0 radical (unpaired) electrons. The zero-order chi connectivity index (χ0) is 25.0. The van der Waals surface area contributed by atoms with Gasteiger partial charge in [-0.25, -0.2) is 0 Å². The first-order valence-electron chi connectivity index (χ1n) is 13.3. The van der Waals surface area contributed by atoms with E-state index >= 15 is 0 Å². The molecule has 3 unspecified atom stereocenters. The van der Waals surface area contributed by atoms with Crippen molar-refractivity contribution in [3.8, 4) is 5.75 Å². The Balaban J connectivity index is 1.47. The molecule has 3 atom stereocenters. The maximum Gasteiger partial charge on any atom is 0.141 e. The molecule has 0 fully saturated rings. The summed E-state index contributed by atoms with van der Waals surface area (Å²) in [6, 6.07) is 7.07. The van der Waals surface area contributed by atoms with Crippen LogP contribution in [0, 0.1) is 5.41 Å². The number of allylic oxidation sites excluding steroid dienone is 3. The van der Waals surface area contributed by atoms with E-state index in [0.717, 1.165) is 50.0 Å². The average molecular weight is 475 g/mol. The second-order valence-corrected chi connectivity index (χ2v) is 11.0.